The lowest BCUT2D eigenvalue weighted by atomic mass is 9.73. The first kappa shape index (κ1) is 9.17. The lowest BCUT2D eigenvalue weighted by molar-refractivity contribution is 0.145. The lowest BCUT2D eigenvalue weighted by Crippen LogP contribution is -2.52. The van der Waals surface area contributed by atoms with Crippen molar-refractivity contribution >= 4 is 0 Å². The lowest BCUT2D eigenvalue weighted by Gasteiger charge is -2.40. The molecule has 3 aliphatic heterocycles. The van der Waals surface area contributed by atoms with E-state index in [1.165, 1.54) is 45.4 Å². The molecule has 0 spiro atoms. The molecule has 2 bridgehead atoms. The van der Waals surface area contributed by atoms with Crippen LogP contribution in [0.4, 0.5) is 0 Å². The molecule has 0 aromatic heterocycles. The largest absolute Gasteiger partial charge is 0.310 e. The molecule has 4 aliphatic rings. The highest BCUT2D eigenvalue weighted by molar-refractivity contribution is 5.10. The maximum atomic E-state index is 3.72. The Kier molecular flexibility index (Phi) is 1.79. The zero-order valence-electron chi connectivity index (χ0n) is 9.47. The maximum absolute atomic E-state index is 3.72. The van der Waals surface area contributed by atoms with Crippen LogP contribution in [-0.2, 0) is 0 Å². The zero-order valence-corrected chi connectivity index (χ0v) is 9.47. The molecule has 0 radical (unpaired) electrons. The van der Waals surface area contributed by atoms with Crippen LogP contribution in [0.1, 0.15) is 33.1 Å². The minimum Gasteiger partial charge on any atom is -0.310 e. The number of nitrogens with zero attached hydrogens (tertiary/aromatic N) is 1. The van der Waals surface area contributed by atoms with Gasteiger partial charge in [0.2, 0.25) is 0 Å². The zero-order chi connectivity index (χ0) is 9.81. The molecule has 0 aromatic carbocycles. The third-order valence-corrected chi connectivity index (χ3v) is 4.41. The molecule has 3 heterocycles. The monoisotopic (exact) mass is 194 g/mol. The van der Waals surface area contributed by atoms with Gasteiger partial charge in [0.05, 0.1) is 0 Å². The molecule has 14 heavy (non-hydrogen) atoms. The second kappa shape index (κ2) is 2.73. The molecular formula is C12H22N2. The van der Waals surface area contributed by atoms with Crippen molar-refractivity contribution in [2.24, 2.45) is 11.3 Å². The Hall–Kier alpha value is -0.0800. The molecule has 0 amide bonds. The van der Waals surface area contributed by atoms with Crippen LogP contribution in [0.25, 0.3) is 0 Å². The maximum Gasteiger partial charge on any atom is 0.0315 e. The van der Waals surface area contributed by atoms with Crippen molar-refractivity contribution in [2.75, 3.05) is 26.2 Å². The molecule has 1 N–H and O–H groups in total. The summed E-state index contributed by atoms with van der Waals surface area (Å²) in [6.45, 7) is 10.0. The molecule has 0 aromatic rings. The van der Waals surface area contributed by atoms with E-state index in [1.54, 1.807) is 0 Å². The number of hydrogen-bond acceptors (Lipinski definition) is 2. The Morgan fingerprint density at radius 3 is 2.64 bits per heavy atom. The molecule has 0 unspecified atom stereocenters. The van der Waals surface area contributed by atoms with Gasteiger partial charge in [0.1, 0.15) is 0 Å². The highest BCUT2D eigenvalue weighted by Crippen LogP contribution is 2.45. The van der Waals surface area contributed by atoms with Gasteiger partial charge in [-0.2, -0.15) is 0 Å². The highest BCUT2D eigenvalue weighted by atomic mass is 15.2. The number of rotatable bonds is 2. The third-order valence-electron chi connectivity index (χ3n) is 4.41. The van der Waals surface area contributed by atoms with Crippen molar-refractivity contribution < 1.29 is 0 Å². The second-order valence-corrected chi connectivity index (χ2v) is 6.56. The first-order chi connectivity index (χ1) is 6.57. The number of fused-ring (bicyclic) bond motifs is 1. The summed E-state index contributed by atoms with van der Waals surface area (Å²) < 4.78 is 0. The standard InChI is InChI=1S/C12H22N2/c1-11(2)3-4-14(8-11)9-12-5-10(6-12)7-13-12/h10,13H,3-9H2,1-2H3. The van der Waals surface area contributed by atoms with Crippen LogP contribution in [0.5, 0.6) is 0 Å². The SMILES string of the molecule is CC1(C)CCN(CC23CC(CN2)C3)C1. The molecule has 4 fully saturated rings. The van der Waals surface area contributed by atoms with E-state index >= 15 is 0 Å². The van der Waals surface area contributed by atoms with Gasteiger partial charge in [-0.25, -0.2) is 0 Å². The first-order valence-corrected chi connectivity index (χ1v) is 6.04. The van der Waals surface area contributed by atoms with Gasteiger partial charge in [0.25, 0.3) is 0 Å². The summed E-state index contributed by atoms with van der Waals surface area (Å²) >= 11 is 0. The average Bonchev–Trinajstić information content (AvgIpc) is 2.64. The smallest absolute Gasteiger partial charge is 0.0315 e. The van der Waals surface area contributed by atoms with Crippen molar-refractivity contribution in [3.63, 3.8) is 0 Å². The summed E-state index contributed by atoms with van der Waals surface area (Å²) in [5.41, 5.74) is 1.11. The van der Waals surface area contributed by atoms with Crippen LogP contribution in [0, 0.1) is 11.3 Å². The quantitative estimate of drug-likeness (QED) is 0.716. The molecule has 80 valence electrons. The molecule has 2 heteroatoms. The van der Waals surface area contributed by atoms with Crippen LogP contribution in [-0.4, -0.2) is 36.6 Å². The normalized spacial score (nSPS) is 45.4. The van der Waals surface area contributed by atoms with E-state index in [0.29, 0.717) is 11.0 Å². The minimum atomic E-state index is 0.547. The van der Waals surface area contributed by atoms with Crippen LogP contribution in [0.15, 0.2) is 0 Å². The van der Waals surface area contributed by atoms with Gasteiger partial charge < -0.3 is 10.2 Å². The first-order valence-electron chi connectivity index (χ1n) is 6.04. The Bertz CT molecular complexity index is 235. The van der Waals surface area contributed by atoms with Gasteiger partial charge in [-0.1, -0.05) is 13.8 Å². The van der Waals surface area contributed by atoms with E-state index in [-0.39, 0.29) is 0 Å². The van der Waals surface area contributed by atoms with Crippen molar-refractivity contribution in [3.05, 3.63) is 0 Å². The average molecular weight is 194 g/mol. The molecule has 3 saturated heterocycles. The van der Waals surface area contributed by atoms with Crippen molar-refractivity contribution in [3.8, 4) is 0 Å². The fourth-order valence-corrected chi connectivity index (χ4v) is 3.67. The number of nitrogens with one attached hydrogen (secondary N) is 1. The van der Waals surface area contributed by atoms with E-state index in [0.717, 1.165) is 5.92 Å². The van der Waals surface area contributed by atoms with Crippen molar-refractivity contribution in [2.45, 2.75) is 38.6 Å². The van der Waals surface area contributed by atoms with Crippen LogP contribution >= 0.6 is 0 Å². The summed E-state index contributed by atoms with van der Waals surface area (Å²) in [5.74, 6) is 1.02. The molecular weight excluding hydrogens is 172 g/mol. The van der Waals surface area contributed by atoms with Gasteiger partial charge in [-0.15, -0.1) is 0 Å². The highest BCUT2D eigenvalue weighted by Gasteiger charge is 2.51. The Morgan fingerprint density at radius 1 is 1.36 bits per heavy atom. The van der Waals surface area contributed by atoms with E-state index in [1.807, 2.05) is 0 Å². The van der Waals surface area contributed by atoms with Gasteiger partial charge in [-0.3, -0.25) is 0 Å². The molecule has 4 rings (SSSR count). The van der Waals surface area contributed by atoms with Crippen LogP contribution < -0.4 is 5.32 Å². The third kappa shape index (κ3) is 1.40. The Balaban J connectivity index is 1.59. The summed E-state index contributed by atoms with van der Waals surface area (Å²) in [6.07, 6.45) is 4.28. The van der Waals surface area contributed by atoms with E-state index in [2.05, 4.69) is 24.1 Å². The van der Waals surface area contributed by atoms with Gasteiger partial charge in [-0.05, 0) is 43.7 Å². The fourth-order valence-electron chi connectivity index (χ4n) is 3.67. The van der Waals surface area contributed by atoms with E-state index in [9.17, 15) is 0 Å². The minimum absolute atomic E-state index is 0.547. The van der Waals surface area contributed by atoms with Crippen LogP contribution in [0.3, 0.4) is 0 Å². The summed E-state index contributed by atoms with van der Waals surface area (Å²) in [5, 5.41) is 3.72. The molecule has 0 atom stereocenters. The fraction of sp³-hybridized carbons (Fsp3) is 1.00. The molecule has 1 saturated carbocycles. The summed E-state index contributed by atoms with van der Waals surface area (Å²) in [7, 11) is 0. The Morgan fingerprint density at radius 2 is 2.14 bits per heavy atom. The van der Waals surface area contributed by atoms with Gasteiger partial charge >= 0.3 is 0 Å². The topological polar surface area (TPSA) is 15.3 Å². The second-order valence-electron chi connectivity index (χ2n) is 6.56. The molecule has 1 aliphatic carbocycles. The number of likely N-dealkylation sites (tertiary alicyclic amines) is 1. The summed E-state index contributed by atoms with van der Waals surface area (Å²) in [4.78, 5) is 2.68. The van der Waals surface area contributed by atoms with Gasteiger partial charge in [0.15, 0.2) is 0 Å². The molecule has 2 nitrogen and oxygen atoms in total. The number of hydrogen-bond donors (Lipinski definition) is 1. The van der Waals surface area contributed by atoms with Crippen molar-refractivity contribution in [1.82, 2.24) is 10.2 Å². The van der Waals surface area contributed by atoms with Gasteiger partial charge in [0, 0.05) is 18.6 Å². The predicted molar refractivity (Wildman–Crippen MR) is 58.3 cm³/mol. The Labute approximate surface area is 87.0 Å². The van der Waals surface area contributed by atoms with Crippen molar-refractivity contribution in [1.29, 1.82) is 0 Å². The van der Waals surface area contributed by atoms with E-state index < -0.39 is 0 Å². The summed E-state index contributed by atoms with van der Waals surface area (Å²) in [6, 6.07) is 0. The van der Waals surface area contributed by atoms with Crippen LogP contribution in [0.2, 0.25) is 0 Å². The van der Waals surface area contributed by atoms with E-state index in [4.69, 9.17) is 0 Å². The predicted octanol–water partition coefficient (Wildman–Crippen LogP) is 1.47.